The van der Waals surface area contributed by atoms with E-state index in [1.54, 1.807) is 6.92 Å². The molecular formula is C22H34O7. The summed E-state index contributed by atoms with van der Waals surface area (Å²) in [6.07, 6.45) is -0.656. The second kappa shape index (κ2) is 7.45. The molecule has 3 aliphatic rings. The summed E-state index contributed by atoms with van der Waals surface area (Å²) < 4.78 is 10.5. The lowest BCUT2D eigenvalue weighted by molar-refractivity contribution is -0.190. The van der Waals surface area contributed by atoms with Crippen LogP contribution >= 0.6 is 0 Å². The van der Waals surface area contributed by atoms with E-state index in [1.165, 1.54) is 6.92 Å². The van der Waals surface area contributed by atoms with Gasteiger partial charge in [0.15, 0.2) is 12.6 Å². The van der Waals surface area contributed by atoms with Gasteiger partial charge in [0.2, 0.25) is 0 Å². The van der Waals surface area contributed by atoms with Crippen LogP contribution < -0.4 is 0 Å². The average Bonchev–Trinajstić information content (AvgIpc) is 2.61. The van der Waals surface area contributed by atoms with Crippen molar-refractivity contribution in [2.45, 2.75) is 90.6 Å². The molecule has 0 aromatic carbocycles. The van der Waals surface area contributed by atoms with Gasteiger partial charge in [-0.05, 0) is 51.0 Å². The van der Waals surface area contributed by atoms with Crippen molar-refractivity contribution in [3.63, 3.8) is 0 Å². The lowest BCUT2D eigenvalue weighted by Crippen LogP contribution is -2.63. The minimum absolute atomic E-state index is 0.201. The fourth-order valence-corrected chi connectivity index (χ4v) is 5.83. The number of rotatable bonds is 3. The van der Waals surface area contributed by atoms with E-state index in [2.05, 4.69) is 0 Å². The second-order valence-electron chi connectivity index (χ2n) is 9.83. The molecule has 0 saturated heterocycles. The predicted molar refractivity (Wildman–Crippen MR) is 105 cm³/mol. The Kier molecular flexibility index (Phi) is 5.75. The number of fused-ring (bicyclic) bond motifs is 3. The number of Topliss-reactive ketones (excluding diaryl/α,β-unsaturated/α-hetero) is 1. The van der Waals surface area contributed by atoms with Gasteiger partial charge in [-0.2, -0.15) is 0 Å². The molecule has 0 spiro atoms. The van der Waals surface area contributed by atoms with Crippen molar-refractivity contribution in [1.29, 1.82) is 0 Å². The summed E-state index contributed by atoms with van der Waals surface area (Å²) in [7, 11) is 0. The largest absolute Gasteiger partial charge is 0.439 e. The fraction of sp³-hybridized carbons (Fsp3) is 0.818. The van der Waals surface area contributed by atoms with Crippen LogP contribution in [-0.4, -0.2) is 57.8 Å². The lowest BCUT2D eigenvalue weighted by Gasteiger charge is -2.57. The first kappa shape index (κ1) is 22.4. The highest BCUT2D eigenvalue weighted by Crippen LogP contribution is 2.58. The van der Waals surface area contributed by atoms with Crippen LogP contribution in [0.3, 0.4) is 0 Å². The number of ketones is 1. The first-order valence-corrected chi connectivity index (χ1v) is 10.4. The maximum atomic E-state index is 13.5. The molecule has 6 unspecified atom stereocenters. The van der Waals surface area contributed by atoms with Crippen LogP contribution in [0, 0.1) is 16.7 Å². The molecule has 7 heteroatoms. The Labute approximate surface area is 172 Å². The van der Waals surface area contributed by atoms with Gasteiger partial charge in [0.25, 0.3) is 0 Å². The molecule has 0 amide bonds. The zero-order valence-electron chi connectivity index (χ0n) is 18.0. The van der Waals surface area contributed by atoms with Crippen LogP contribution in [0.15, 0.2) is 11.1 Å². The van der Waals surface area contributed by atoms with Gasteiger partial charge in [-0.3, -0.25) is 9.59 Å². The molecule has 6 atom stereocenters. The van der Waals surface area contributed by atoms with Crippen molar-refractivity contribution in [3.8, 4) is 0 Å². The van der Waals surface area contributed by atoms with E-state index < -0.39 is 40.7 Å². The fourth-order valence-electron chi connectivity index (χ4n) is 5.83. The molecule has 0 radical (unpaired) electrons. The van der Waals surface area contributed by atoms with Crippen molar-refractivity contribution in [1.82, 2.24) is 0 Å². The first-order valence-electron chi connectivity index (χ1n) is 10.4. The number of esters is 1. The third kappa shape index (κ3) is 3.46. The highest BCUT2D eigenvalue weighted by molar-refractivity contribution is 5.92. The maximum Gasteiger partial charge on any atom is 0.304 e. The van der Waals surface area contributed by atoms with Crippen molar-refractivity contribution < 1.29 is 34.4 Å². The van der Waals surface area contributed by atoms with Gasteiger partial charge in [0.1, 0.15) is 6.10 Å². The highest BCUT2D eigenvalue weighted by atomic mass is 16.7. The summed E-state index contributed by atoms with van der Waals surface area (Å²) in [5, 5.41) is 33.7. The van der Waals surface area contributed by atoms with Crippen molar-refractivity contribution in [3.05, 3.63) is 11.1 Å². The van der Waals surface area contributed by atoms with Gasteiger partial charge in [-0.15, -0.1) is 0 Å². The number of ether oxygens (including phenoxy) is 2. The van der Waals surface area contributed by atoms with Crippen molar-refractivity contribution in [2.75, 3.05) is 6.79 Å². The summed E-state index contributed by atoms with van der Waals surface area (Å²) in [5.74, 6) is -1.22. The number of allylic oxidation sites excluding steroid dienone is 1. The van der Waals surface area contributed by atoms with Gasteiger partial charge in [0, 0.05) is 18.8 Å². The number of hydrogen-bond donors (Lipinski definition) is 3. The molecule has 2 bridgehead atoms. The molecule has 0 heterocycles. The van der Waals surface area contributed by atoms with Crippen LogP contribution in [0.4, 0.5) is 0 Å². The Morgan fingerprint density at radius 1 is 1.21 bits per heavy atom. The SMILES string of the molecule is CC(=O)OCOC1CC(O)C2(C)C(=O)C(O)C3=C(C)CCC(O)(CC2C1)C3(C)C. The van der Waals surface area contributed by atoms with E-state index in [0.29, 0.717) is 31.3 Å². The highest BCUT2D eigenvalue weighted by Gasteiger charge is 2.62. The Morgan fingerprint density at radius 3 is 2.48 bits per heavy atom. The zero-order chi connectivity index (χ0) is 21.8. The Bertz CT molecular complexity index is 727. The first-order chi connectivity index (χ1) is 13.3. The van der Waals surface area contributed by atoms with Crippen molar-refractivity contribution >= 4 is 11.8 Å². The van der Waals surface area contributed by atoms with Gasteiger partial charge < -0.3 is 24.8 Å². The zero-order valence-corrected chi connectivity index (χ0v) is 18.0. The number of aliphatic hydroxyl groups is 3. The molecule has 0 aliphatic heterocycles. The summed E-state index contributed by atoms with van der Waals surface area (Å²) in [6, 6.07) is 0. The molecule has 2 fully saturated rings. The molecular weight excluding hydrogens is 376 g/mol. The topological polar surface area (TPSA) is 113 Å². The van der Waals surface area contributed by atoms with Crippen LogP contribution in [0.25, 0.3) is 0 Å². The van der Waals surface area contributed by atoms with Gasteiger partial charge in [-0.25, -0.2) is 0 Å². The van der Waals surface area contributed by atoms with Crippen LogP contribution in [-0.2, 0) is 19.1 Å². The molecule has 3 aliphatic carbocycles. The minimum atomic E-state index is -1.35. The predicted octanol–water partition coefficient (Wildman–Crippen LogP) is 1.87. The van der Waals surface area contributed by atoms with Crippen molar-refractivity contribution in [2.24, 2.45) is 16.7 Å². The summed E-state index contributed by atoms with van der Waals surface area (Å²) in [6.45, 7) is 8.46. The van der Waals surface area contributed by atoms with E-state index in [0.717, 1.165) is 5.57 Å². The summed E-state index contributed by atoms with van der Waals surface area (Å²) >= 11 is 0. The Hall–Kier alpha value is -1.28. The molecule has 2 saturated carbocycles. The summed E-state index contributed by atoms with van der Waals surface area (Å²) in [5.41, 5.74) is -1.52. The second-order valence-corrected chi connectivity index (χ2v) is 9.83. The number of aliphatic hydroxyl groups excluding tert-OH is 2. The van der Waals surface area contributed by atoms with E-state index in [-0.39, 0.29) is 24.9 Å². The van der Waals surface area contributed by atoms with E-state index >= 15 is 0 Å². The van der Waals surface area contributed by atoms with Gasteiger partial charge in [-0.1, -0.05) is 19.4 Å². The average molecular weight is 411 g/mol. The van der Waals surface area contributed by atoms with Crippen LogP contribution in [0.2, 0.25) is 0 Å². The standard InChI is InChI=1S/C22H34O7/c1-12-6-7-22(27)10-14-8-15(29-11-28-13(2)23)9-16(24)21(14,5)19(26)18(25)17(12)20(22,3)4/h14-16,18,24-25,27H,6-11H2,1-5H3. The Balaban J connectivity index is 1.98. The van der Waals surface area contributed by atoms with E-state index in [9.17, 15) is 24.9 Å². The molecule has 0 aromatic rings. The normalized spacial score (nSPS) is 42.0. The third-order valence-electron chi connectivity index (χ3n) is 7.99. The number of carbonyl (C=O) groups excluding carboxylic acids is 2. The monoisotopic (exact) mass is 410 g/mol. The molecule has 3 N–H and O–H groups in total. The molecule has 0 aromatic heterocycles. The third-order valence-corrected chi connectivity index (χ3v) is 7.99. The molecule has 164 valence electrons. The van der Waals surface area contributed by atoms with Gasteiger partial charge in [0.05, 0.1) is 23.2 Å². The van der Waals surface area contributed by atoms with Crippen LogP contribution in [0.5, 0.6) is 0 Å². The number of carbonyl (C=O) groups is 2. The van der Waals surface area contributed by atoms with Crippen LogP contribution in [0.1, 0.15) is 66.7 Å². The maximum absolute atomic E-state index is 13.5. The van der Waals surface area contributed by atoms with E-state index in [1.807, 2.05) is 20.8 Å². The molecule has 29 heavy (non-hydrogen) atoms. The minimum Gasteiger partial charge on any atom is -0.439 e. The molecule has 3 rings (SSSR count). The van der Waals surface area contributed by atoms with E-state index in [4.69, 9.17) is 9.47 Å². The quantitative estimate of drug-likeness (QED) is 0.370. The smallest absolute Gasteiger partial charge is 0.304 e. The summed E-state index contributed by atoms with van der Waals surface area (Å²) in [4.78, 5) is 24.5. The Morgan fingerprint density at radius 2 is 1.86 bits per heavy atom. The lowest BCUT2D eigenvalue weighted by atomic mass is 9.50. The number of hydrogen-bond acceptors (Lipinski definition) is 7. The van der Waals surface area contributed by atoms with Gasteiger partial charge >= 0.3 is 5.97 Å². The molecule has 7 nitrogen and oxygen atoms in total.